The number of nitriles is 1. The molecule has 0 aliphatic rings. The van der Waals surface area contributed by atoms with Crippen LogP contribution in [0.1, 0.15) is 5.56 Å². The molecule has 2 aromatic rings. The lowest BCUT2D eigenvalue weighted by atomic mass is 10.2. The lowest BCUT2D eigenvalue weighted by molar-refractivity contribution is -0.871. The number of amides is 1. The van der Waals surface area contributed by atoms with Gasteiger partial charge >= 0.3 is 0 Å². The van der Waals surface area contributed by atoms with Crippen molar-refractivity contribution in [2.45, 2.75) is 0 Å². The number of nitrogens with zero attached hydrogens (tertiary/aromatic N) is 1. The minimum atomic E-state index is -0.0687. The zero-order chi connectivity index (χ0) is 17.4. The molecule has 0 fully saturated rings. The third-order valence-corrected chi connectivity index (χ3v) is 3.90. The second kappa shape index (κ2) is 9.06. The molecule has 2 N–H and O–H groups in total. The second-order valence-corrected chi connectivity index (χ2v) is 6.34. The number of carbonyl (C=O) groups excluding carboxylic acids is 1. The molecular formula is C18H19BrN3O2+. The van der Waals surface area contributed by atoms with Gasteiger partial charge in [-0.3, -0.25) is 4.79 Å². The van der Waals surface area contributed by atoms with E-state index in [2.05, 4.69) is 21.2 Å². The van der Waals surface area contributed by atoms with Crippen molar-refractivity contribution in [2.75, 3.05) is 32.1 Å². The number of nitrogens with one attached hydrogen (secondary N) is 2. The largest absolute Gasteiger partial charge is 0.488 e. The van der Waals surface area contributed by atoms with Crippen molar-refractivity contribution in [1.82, 2.24) is 0 Å². The number of hydrogen-bond donors (Lipinski definition) is 2. The van der Waals surface area contributed by atoms with E-state index in [4.69, 9.17) is 10.00 Å². The monoisotopic (exact) mass is 388 g/mol. The van der Waals surface area contributed by atoms with Gasteiger partial charge in [0.15, 0.2) is 6.54 Å². The average Bonchev–Trinajstić information content (AvgIpc) is 2.57. The maximum Gasteiger partial charge on any atom is 0.279 e. The first-order valence-electron chi connectivity index (χ1n) is 7.56. The summed E-state index contributed by atoms with van der Waals surface area (Å²) in [7, 11) is 1.95. The lowest BCUT2D eigenvalue weighted by Gasteiger charge is -2.14. The van der Waals surface area contributed by atoms with E-state index in [1.165, 1.54) is 0 Å². The third-order valence-electron chi connectivity index (χ3n) is 3.37. The van der Waals surface area contributed by atoms with E-state index >= 15 is 0 Å². The fraction of sp³-hybridized carbons (Fsp3) is 0.222. The molecule has 0 bridgehead atoms. The van der Waals surface area contributed by atoms with Gasteiger partial charge in [0.1, 0.15) is 18.9 Å². The molecule has 0 saturated carbocycles. The van der Waals surface area contributed by atoms with Crippen molar-refractivity contribution >= 4 is 27.5 Å². The highest BCUT2D eigenvalue weighted by molar-refractivity contribution is 9.10. The summed E-state index contributed by atoms with van der Waals surface area (Å²) in [6, 6.07) is 16.5. The van der Waals surface area contributed by atoms with E-state index in [1.54, 1.807) is 24.3 Å². The maximum absolute atomic E-state index is 12.0. The molecular weight excluding hydrogens is 370 g/mol. The van der Waals surface area contributed by atoms with E-state index in [9.17, 15) is 4.79 Å². The van der Waals surface area contributed by atoms with E-state index in [0.717, 1.165) is 21.7 Å². The average molecular weight is 389 g/mol. The summed E-state index contributed by atoms with van der Waals surface area (Å²) in [5.74, 6) is 0.744. The van der Waals surface area contributed by atoms with Crippen LogP contribution >= 0.6 is 15.9 Å². The Labute approximate surface area is 150 Å². The van der Waals surface area contributed by atoms with Gasteiger partial charge in [-0.05, 0) is 48.5 Å². The van der Waals surface area contributed by atoms with Crippen molar-refractivity contribution in [1.29, 1.82) is 5.26 Å². The Kier molecular flexibility index (Phi) is 6.79. The summed E-state index contributed by atoms with van der Waals surface area (Å²) in [5, 5.41) is 11.6. The molecule has 0 saturated heterocycles. The topological polar surface area (TPSA) is 66.6 Å². The van der Waals surface area contributed by atoms with E-state index < -0.39 is 0 Å². The highest BCUT2D eigenvalue weighted by Gasteiger charge is 2.10. The van der Waals surface area contributed by atoms with Crippen LogP contribution in [0.25, 0.3) is 0 Å². The number of likely N-dealkylation sites (N-methyl/N-ethyl adjacent to an activating group) is 1. The summed E-state index contributed by atoms with van der Waals surface area (Å²) in [5.41, 5.74) is 1.26. The molecule has 2 rings (SSSR count). The zero-order valence-electron chi connectivity index (χ0n) is 13.4. The summed E-state index contributed by atoms with van der Waals surface area (Å²) >= 11 is 3.38. The lowest BCUT2D eigenvalue weighted by Crippen LogP contribution is -3.10. The van der Waals surface area contributed by atoms with Crippen LogP contribution in [-0.4, -0.2) is 32.7 Å². The van der Waals surface area contributed by atoms with Gasteiger partial charge in [0, 0.05) is 10.2 Å². The van der Waals surface area contributed by atoms with Gasteiger partial charge < -0.3 is 15.0 Å². The fourth-order valence-corrected chi connectivity index (χ4v) is 2.33. The van der Waals surface area contributed by atoms with Crippen LogP contribution in [-0.2, 0) is 4.79 Å². The van der Waals surface area contributed by atoms with Crippen LogP contribution in [0.15, 0.2) is 53.0 Å². The molecule has 0 spiro atoms. The number of halogens is 1. The summed E-state index contributed by atoms with van der Waals surface area (Å²) in [6.45, 7) is 1.61. The Morgan fingerprint density at radius 1 is 1.21 bits per heavy atom. The van der Waals surface area contributed by atoms with Crippen LogP contribution in [0.4, 0.5) is 5.69 Å². The van der Waals surface area contributed by atoms with Gasteiger partial charge in [-0.15, -0.1) is 0 Å². The van der Waals surface area contributed by atoms with Crippen LogP contribution in [0.5, 0.6) is 5.75 Å². The normalized spacial score (nSPS) is 11.4. The fourth-order valence-electron chi connectivity index (χ4n) is 2.07. The number of rotatable bonds is 7. The Morgan fingerprint density at radius 2 is 1.88 bits per heavy atom. The minimum absolute atomic E-state index is 0.0687. The molecule has 24 heavy (non-hydrogen) atoms. The number of ether oxygens (including phenoxy) is 1. The van der Waals surface area contributed by atoms with Crippen LogP contribution in [0.2, 0.25) is 0 Å². The molecule has 0 aromatic heterocycles. The highest BCUT2D eigenvalue weighted by atomic mass is 79.9. The molecule has 1 unspecified atom stereocenters. The van der Waals surface area contributed by atoms with Gasteiger partial charge in [0.05, 0.1) is 18.7 Å². The van der Waals surface area contributed by atoms with Crippen LogP contribution in [0, 0.1) is 11.3 Å². The van der Waals surface area contributed by atoms with Gasteiger partial charge in [0.25, 0.3) is 5.91 Å². The van der Waals surface area contributed by atoms with Gasteiger partial charge in [0.2, 0.25) is 0 Å². The molecule has 0 radical (unpaired) electrons. The van der Waals surface area contributed by atoms with Crippen molar-refractivity contribution < 1.29 is 14.4 Å². The first-order chi connectivity index (χ1) is 11.6. The summed E-state index contributed by atoms with van der Waals surface area (Å²) in [4.78, 5) is 13.1. The number of quaternary nitrogens is 1. The van der Waals surface area contributed by atoms with Crippen LogP contribution in [0.3, 0.4) is 0 Å². The Hall–Kier alpha value is -2.36. The van der Waals surface area contributed by atoms with E-state index in [-0.39, 0.29) is 5.91 Å². The maximum atomic E-state index is 12.0. The number of hydrogen-bond acceptors (Lipinski definition) is 3. The molecule has 6 heteroatoms. The van der Waals surface area contributed by atoms with Gasteiger partial charge in [-0.25, -0.2) is 0 Å². The predicted octanol–water partition coefficient (Wildman–Crippen LogP) is 1.85. The predicted molar refractivity (Wildman–Crippen MR) is 96.0 cm³/mol. The van der Waals surface area contributed by atoms with Gasteiger partial charge in [-0.1, -0.05) is 15.9 Å². The summed E-state index contributed by atoms with van der Waals surface area (Å²) < 4.78 is 6.66. The Balaban J connectivity index is 1.71. The number of benzene rings is 2. The quantitative estimate of drug-likeness (QED) is 0.760. The van der Waals surface area contributed by atoms with E-state index in [1.807, 2.05) is 37.4 Å². The van der Waals surface area contributed by atoms with Crippen molar-refractivity contribution in [2.24, 2.45) is 0 Å². The van der Waals surface area contributed by atoms with Crippen molar-refractivity contribution in [3.05, 3.63) is 58.6 Å². The molecule has 0 aliphatic heterocycles. The molecule has 1 atom stereocenters. The van der Waals surface area contributed by atoms with Crippen molar-refractivity contribution in [3.63, 3.8) is 0 Å². The first-order valence-corrected chi connectivity index (χ1v) is 8.36. The number of anilines is 1. The highest BCUT2D eigenvalue weighted by Crippen LogP contribution is 2.15. The smallest absolute Gasteiger partial charge is 0.279 e. The van der Waals surface area contributed by atoms with Gasteiger partial charge in [-0.2, -0.15) is 5.26 Å². The SMILES string of the molecule is C[NH+](CCOc1ccc(Br)cc1)CC(=O)Nc1ccc(C#N)cc1. The first kappa shape index (κ1) is 18.0. The summed E-state index contributed by atoms with van der Waals surface area (Å²) in [6.07, 6.45) is 0. The minimum Gasteiger partial charge on any atom is -0.488 e. The third kappa shape index (κ3) is 6.03. The Bertz CT molecular complexity index is 709. The standard InChI is InChI=1S/C18H18BrN3O2/c1-22(10-11-24-17-8-4-15(19)5-9-17)13-18(23)21-16-6-2-14(12-20)3-7-16/h2-9H,10-11,13H2,1H3,(H,21,23)/p+1. The molecule has 0 aliphatic carbocycles. The molecule has 0 heterocycles. The molecule has 2 aromatic carbocycles. The van der Waals surface area contributed by atoms with Crippen LogP contribution < -0.4 is 15.0 Å². The molecule has 1 amide bonds. The van der Waals surface area contributed by atoms with E-state index in [0.29, 0.717) is 24.4 Å². The second-order valence-electron chi connectivity index (χ2n) is 5.42. The number of carbonyl (C=O) groups is 1. The Morgan fingerprint density at radius 3 is 2.50 bits per heavy atom. The molecule has 5 nitrogen and oxygen atoms in total. The zero-order valence-corrected chi connectivity index (χ0v) is 15.0. The molecule has 124 valence electrons. The van der Waals surface area contributed by atoms with Crippen molar-refractivity contribution in [3.8, 4) is 11.8 Å².